The molecule has 0 radical (unpaired) electrons. The van der Waals surface area contributed by atoms with Crippen LogP contribution in [0.15, 0.2) is 0 Å². The molecule has 0 bridgehead atoms. The summed E-state index contributed by atoms with van der Waals surface area (Å²) in [5.41, 5.74) is 0. The Labute approximate surface area is 98.0 Å². The first-order chi connectivity index (χ1) is 6.83. The minimum atomic E-state index is 0.830. The lowest BCUT2D eigenvalue weighted by Crippen LogP contribution is -2.14. The quantitative estimate of drug-likeness (QED) is 0.449. The molecule has 0 aromatic carbocycles. The molecule has 1 aliphatic carbocycles. The van der Waals surface area contributed by atoms with Crippen molar-refractivity contribution in [3.8, 4) is 0 Å². The van der Waals surface area contributed by atoms with Crippen LogP contribution in [0.5, 0.6) is 0 Å². The first-order valence-electron chi connectivity index (χ1n) is 6.47. The van der Waals surface area contributed by atoms with Gasteiger partial charge in [0.15, 0.2) is 0 Å². The van der Waals surface area contributed by atoms with Crippen LogP contribution in [-0.2, 0) is 0 Å². The van der Waals surface area contributed by atoms with Gasteiger partial charge in [0.2, 0.25) is 0 Å². The van der Waals surface area contributed by atoms with Crippen molar-refractivity contribution in [1.82, 2.24) is 0 Å². The average Bonchev–Trinajstić information content (AvgIpc) is 2.18. The third-order valence-corrected chi connectivity index (χ3v) is 4.27. The molecule has 84 valence electrons. The average molecular weight is 261 g/mol. The lowest BCUT2D eigenvalue weighted by molar-refractivity contribution is 0.337. The van der Waals surface area contributed by atoms with Gasteiger partial charge in [-0.25, -0.2) is 0 Å². The molecule has 1 fully saturated rings. The topological polar surface area (TPSA) is 0 Å². The molecule has 1 saturated carbocycles. The molecule has 0 heterocycles. The molecule has 14 heavy (non-hydrogen) atoms. The minimum Gasteiger partial charge on any atom is -0.0891 e. The molecule has 0 nitrogen and oxygen atoms in total. The van der Waals surface area contributed by atoms with Crippen molar-refractivity contribution in [2.24, 2.45) is 5.92 Å². The van der Waals surface area contributed by atoms with Crippen LogP contribution in [0, 0.1) is 5.92 Å². The molecule has 0 aromatic rings. The van der Waals surface area contributed by atoms with Crippen molar-refractivity contribution in [2.75, 3.05) is 0 Å². The van der Waals surface area contributed by atoms with Gasteiger partial charge in [-0.15, -0.1) is 0 Å². The maximum atomic E-state index is 3.76. The summed E-state index contributed by atoms with van der Waals surface area (Å²) in [5.74, 6) is 1.04. The van der Waals surface area contributed by atoms with E-state index in [9.17, 15) is 0 Å². The second-order valence-corrected chi connectivity index (χ2v) is 6.13. The van der Waals surface area contributed by atoms with Crippen LogP contribution in [0.2, 0.25) is 0 Å². The van der Waals surface area contributed by atoms with Crippen molar-refractivity contribution in [3.05, 3.63) is 0 Å². The highest BCUT2D eigenvalue weighted by Crippen LogP contribution is 2.32. The van der Waals surface area contributed by atoms with Gasteiger partial charge in [0.1, 0.15) is 0 Å². The van der Waals surface area contributed by atoms with Crippen molar-refractivity contribution < 1.29 is 0 Å². The molecule has 1 rings (SSSR count). The van der Waals surface area contributed by atoms with E-state index in [0.717, 1.165) is 10.7 Å². The molecular formula is C13H25Br. The zero-order chi connectivity index (χ0) is 10.2. The molecule has 0 saturated heterocycles. The predicted octanol–water partition coefficient (Wildman–Crippen LogP) is 5.30. The molecule has 0 spiro atoms. The van der Waals surface area contributed by atoms with E-state index in [1.807, 2.05) is 0 Å². The summed E-state index contributed by atoms with van der Waals surface area (Å²) in [5, 5.41) is 0. The van der Waals surface area contributed by atoms with Gasteiger partial charge < -0.3 is 0 Å². The Bertz CT molecular complexity index is 133. The van der Waals surface area contributed by atoms with Gasteiger partial charge in [-0.2, -0.15) is 0 Å². The summed E-state index contributed by atoms with van der Waals surface area (Å²) >= 11 is 3.76. The van der Waals surface area contributed by atoms with E-state index in [2.05, 4.69) is 22.9 Å². The smallest absolute Gasteiger partial charge is 0.0148 e. The van der Waals surface area contributed by atoms with Crippen LogP contribution in [-0.4, -0.2) is 4.83 Å². The van der Waals surface area contributed by atoms with E-state index in [1.54, 1.807) is 0 Å². The summed E-state index contributed by atoms with van der Waals surface area (Å²) in [6, 6.07) is 0. The second-order valence-electron chi connectivity index (χ2n) is 4.83. The summed E-state index contributed by atoms with van der Waals surface area (Å²) in [6.07, 6.45) is 14.5. The fraction of sp³-hybridized carbons (Fsp3) is 1.00. The van der Waals surface area contributed by atoms with Crippen LogP contribution < -0.4 is 0 Å². The first kappa shape index (κ1) is 12.5. The number of hydrogen-bond acceptors (Lipinski definition) is 0. The fourth-order valence-electron chi connectivity index (χ4n) is 2.52. The first-order valence-corrected chi connectivity index (χ1v) is 7.38. The highest BCUT2D eigenvalue weighted by molar-refractivity contribution is 9.09. The van der Waals surface area contributed by atoms with Crippen LogP contribution in [0.1, 0.15) is 71.1 Å². The molecule has 0 aliphatic heterocycles. The van der Waals surface area contributed by atoms with E-state index >= 15 is 0 Å². The summed E-state index contributed by atoms with van der Waals surface area (Å²) < 4.78 is 0. The number of alkyl halides is 1. The zero-order valence-electron chi connectivity index (χ0n) is 9.60. The Hall–Kier alpha value is 0.480. The lowest BCUT2D eigenvalue weighted by Gasteiger charge is -2.25. The largest absolute Gasteiger partial charge is 0.0891 e. The number of hydrogen-bond donors (Lipinski definition) is 0. The Morgan fingerprint density at radius 3 is 2.57 bits per heavy atom. The summed E-state index contributed by atoms with van der Waals surface area (Å²) in [4.78, 5) is 0.830. The Kier molecular flexibility index (Phi) is 6.93. The molecule has 0 amide bonds. The standard InChI is InChI=1S/C13H25Br/c1-2-3-4-5-6-8-12-9-7-10-13(14)11-12/h12-13H,2-11H2,1H3. The van der Waals surface area contributed by atoms with Gasteiger partial charge in [-0.3, -0.25) is 0 Å². The fourth-order valence-corrected chi connectivity index (χ4v) is 3.38. The number of halogens is 1. The third-order valence-electron chi connectivity index (χ3n) is 3.43. The van der Waals surface area contributed by atoms with Crippen molar-refractivity contribution >= 4 is 15.9 Å². The van der Waals surface area contributed by atoms with Gasteiger partial charge in [-0.1, -0.05) is 74.2 Å². The molecule has 2 atom stereocenters. The van der Waals surface area contributed by atoms with Crippen molar-refractivity contribution in [3.63, 3.8) is 0 Å². The van der Waals surface area contributed by atoms with Gasteiger partial charge in [0.25, 0.3) is 0 Å². The molecular weight excluding hydrogens is 236 g/mol. The molecule has 2 unspecified atom stereocenters. The highest BCUT2D eigenvalue weighted by Gasteiger charge is 2.18. The summed E-state index contributed by atoms with van der Waals surface area (Å²) in [7, 11) is 0. The highest BCUT2D eigenvalue weighted by atomic mass is 79.9. The monoisotopic (exact) mass is 260 g/mol. The van der Waals surface area contributed by atoms with Crippen LogP contribution in [0.3, 0.4) is 0 Å². The van der Waals surface area contributed by atoms with Crippen molar-refractivity contribution in [1.29, 1.82) is 0 Å². The van der Waals surface area contributed by atoms with Gasteiger partial charge in [0, 0.05) is 4.83 Å². The van der Waals surface area contributed by atoms with E-state index in [-0.39, 0.29) is 0 Å². The third kappa shape index (κ3) is 5.38. The Morgan fingerprint density at radius 1 is 1.07 bits per heavy atom. The van der Waals surface area contributed by atoms with E-state index < -0.39 is 0 Å². The number of unbranched alkanes of at least 4 members (excludes halogenated alkanes) is 4. The Balaban J connectivity index is 1.95. The molecule has 1 heteroatoms. The van der Waals surface area contributed by atoms with Crippen LogP contribution in [0.4, 0.5) is 0 Å². The van der Waals surface area contributed by atoms with E-state index in [4.69, 9.17) is 0 Å². The Morgan fingerprint density at radius 2 is 1.86 bits per heavy atom. The van der Waals surface area contributed by atoms with E-state index in [1.165, 1.54) is 64.2 Å². The minimum absolute atomic E-state index is 0.830. The molecule has 0 N–H and O–H groups in total. The lowest BCUT2D eigenvalue weighted by atomic mass is 9.85. The van der Waals surface area contributed by atoms with Crippen LogP contribution >= 0.6 is 15.9 Å². The SMILES string of the molecule is CCCCCCCC1CCCC(Br)C1. The molecule has 1 aliphatic rings. The van der Waals surface area contributed by atoms with Crippen molar-refractivity contribution in [2.45, 2.75) is 76.0 Å². The van der Waals surface area contributed by atoms with Gasteiger partial charge in [0.05, 0.1) is 0 Å². The maximum absolute atomic E-state index is 3.76. The normalized spacial score (nSPS) is 27.9. The second kappa shape index (κ2) is 7.73. The zero-order valence-corrected chi connectivity index (χ0v) is 11.2. The molecule has 0 aromatic heterocycles. The van der Waals surface area contributed by atoms with Gasteiger partial charge >= 0.3 is 0 Å². The van der Waals surface area contributed by atoms with E-state index in [0.29, 0.717) is 0 Å². The maximum Gasteiger partial charge on any atom is 0.0148 e. The van der Waals surface area contributed by atoms with Gasteiger partial charge in [-0.05, 0) is 18.8 Å². The summed E-state index contributed by atoms with van der Waals surface area (Å²) in [6.45, 7) is 2.29. The van der Waals surface area contributed by atoms with Crippen LogP contribution in [0.25, 0.3) is 0 Å². The predicted molar refractivity (Wildman–Crippen MR) is 68.0 cm³/mol. The number of rotatable bonds is 6.